The Morgan fingerprint density at radius 3 is 2.94 bits per heavy atom. The number of carbonyl (C=O) groups is 1. The quantitative estimate of drug-likeness (QED) is 0.354. The Labute approximate surface area is 95.4 Å². The van der Waals surface area contributed by atoms with Gasteiger partial charge in [-0.25, -0.2) is 9.18 Å². The van der Waals surface area contributed by atoms with E-state index in [9.17, 15) is 9.18 Å². The molecular weight excluding hydrogens is 237 g/mol. The van der Waals surface area contributed by atoms with E-state index >= 15 is 0 Å². The van der Waals surface area contributed by atoms with Gasteiger partial charge in [-0.2, -0.15) is 0 Å². The summed E-state index contributed by atoms with van der Waals surface area (Å²) in [6, 6.07) is 2.07. The first kappa shape index (κ1) is 12.3. The van der Waals surface area contributed by atoms with E-state index in [-0.39, 0.29) is 22.7 Å². The van der Waals surface area contributed by atoms with E-state index in [1.54, 1.807) is 0 Å². The van der Waals surface area contributed by atoms with Crippen LogP contribution in [-0.4, -0.2) is 13.1 Å². The Morgan fingerprint density at radius 2 is 2.38 bits per heavy atom. The summed E-state index contributed by atoms with van der Waals surface area (Å²) in [4.78, 5) is 13.9. The second-order valence-corrected chi connectivity index (χ2v) is 3.21. The van der Waals surface area contributed by atoms with Gasteiger partial charge >= 0.3 is 5.97 Å². The summed E-state index contributed by atoms with van der Waals surface area (Å²) in [6.45, 7) is -0.168. The smallest absolute Gasteiger partial charge is 0.339 e. The number of ether oxygens (including phenoxy) is 1. The molecule has 0 bridgehead atoms. The summed E-state index contributed by atoms with van der Waals surface area (Å²) < 4.78 is 17.5. The summed E-state index contributed by atoms with van der Waals surface area (Å²) in [5.41, 5.74) is 8.37. The van der Waals surface area contributed by atoms with Crippen LogP contribution in [-0.2, 0) is 11.3 Å². The van der Waals surface area contributed by atoms with E-state index in [2.05, 4.69) is 14.8 Å². The van der Waals surface area contributed by atoms with Crippen LogP contribution in [0.3, 0.4) is 0 Å². The van der Waals surface area contributed by atoms with Crippen LogP contribution in [0.2, 0.25) is 5.02 Å². The number of carbonyl (C=O) groups excluding carboxylic acids is 1. The fourth-order valence-electron chi connectivity index (χ4n) is 1.19. The van der Waals surface area contributed by atoms with Gasteiger partial charge in [-0.05, 0) is 23.2 Å². The maximum Gasteiger partial charge on any atom is 0.339 e. The highest BCUT2D eigenvalue weighted by molar-refractivity contribution is 6.33. The van der Waals surface area contributed by atoms with Crippen LogP contribution in [0.5, 0.6) is 0 Å². The van der Waals surface area contributed by atoms with Gasteiger partial charge in [0.1, 0.15) is 5.82 Å². The van der Waals surface area contributed by atoms with Crippen LogP contribution in [0.15, 0.2) is 17.2 Å². The van der Waals surface area contributed by atoms with E-state index < -0.39 is 11.8 Å². The molecule has 0 aliphatic heterocycles. The van der Waals surface area contributed by atoms with E-state index in [4.69, 9.17) is 17.1 Å². The molecule has 1 aromatic carbocycles. The van der Waals surface area contributed by atoms with E-state index in [1.807, 2.05) is 0 Å². The molecule has 0 saturated carbocycles. The topological polar surface area (TPSA) is 75.1 Å². The SMILES string of the molecule is COC(=O)c1c(Cl)cc(F)cc1CN=[N+]=[N-]. The molecule has 0 amide bonds. The Hall–Kier alpha value is -1.78. The number of hydrogen-bond donors (Lipinski definition) is 0. The number of hydrogen-bond acceptors (Lipinski definition) is 3. The molecular formula is C9H7ClFN3O2. The first-order valence-electron chi connectivity index (χ1n) is 4.17. The molecule has 0 aliphatic carbocycles. The highest BCUT2D eigenvalue weighted by Crippen LogP contribution is 2.23. The van der Waals surface area contributed by atoms with Crippen molar-refractivity contribution in [1.29, 1.82) is 0 Å². The van der Waals surface area contributed by atoms with Crippen molar-refractivity contribution in [2.24, 2.45) is 5.11 Å². The predicted octanol–water partition coefficient (Wildman–Crippen LogP) is 3.08. The van der Waals surface area contributed by atoms with Gasteiger partial charge < -0.3 is 4.74 Å². The molecule has 1 aromatic rings. The van der Waals surface area contributed by atoms with Crippen molar-refractivity contribution >= 4 is 17.6 Å². The Kier molecular flexibility index (Phi) is 4.10. The summed E-state index contributed by atoms with van der Waals surface area (Å²) in [5.74, 6) is -1.31. The zero-order valence-corrected chi connectivity index (χ0v) is 9.03. The molecule has 7 heteroatoms. The number of halogens is 2. The lowest BCUT2D eigenvalue weighted by molar-refractivity contribution is 0.0599. The van der Waals surface area contributed by atoms with E-state index in [0.717, 1.165) is 12.1 Å². The van der Waals surface area contributed by atoms with E-state index in [1.165, 1.54) is 7.11 Å². The molecule has 5 nitrogen and oxygen atoms in total. The first-order valence-corrected chi connectivity index (χ1v) is 4.55. The van der Waals surface area contributed by atoms with Crippen molar-refractivity contribution in [2.45, 2.75) is 6.54 Å². The molecule has 0 radical (unpaired) electrons. The lowest BCUT2D eigenvalue weighted by Crippen LogP contribution is -2.07. The number of rotatable bonds is 3. The minimum atomic E-state index is -0.701. The fraction of sp³-hybridized carbons (Fsp3) is 0.222. The second-order valence-electron chi connectivity index (χ2n) is 2.80. The highest BCUT2D eigenvalue weighted by atomic mass is 35.5. The van der Waals surface area contributed by atoms with Gasteiger partial charge in [0.25, 0.3) is 0 Å². The Balaban J connectivity index is 3.31. The molecule has 0 N–H and O–H groups in total. The summed E-state index contributed by atoms with van der Waals surface area (Å²) >= 11 is 5.71. The molecule has 84 valence electrons. The number of esters is 1. The second kappa shape index (κ2) is 5.34. The van der Waals surface area contributed by atoms with Gasteiger partial charge in [-0.15, -0.1) is 0 Å². The van der Waals surface area contributed by atoms with Crippen molar-refractivity contribution in [1.82, 2.24) is 0 Å². The van der Waals surface area contributed by atoms with Crippen LogP contribution in [0.4, 0.5) is 4.39 Å². The number of benzene rings is 1. The normalized spacial score (nSPS) is 9.44. The van der Waals surface area contributed by atoms with Crippen molar-refractivity contribution in [3.05, 3.63) is 44.5 Å². The third-order valence-corrected chi connectivity index (χ3v) is 2.13. The Bertz CT molecular complexity index is 472. The third-order valence-electron chi connectivity index (χ3n) is 1.83. The molecule has 16 heavy (non-hydrogen) atoms. The predicted molar refractivity (Wildman–Crippen MR) is 55.6 cm³/mol. The van der Waals surface area contributed by atoms with Gasteiger partial charge in [0.15, 0.2) is 0 Å². The largest absolute Gasteiger partial charge is 0.465 e. The maximum absolute atomic E-state index is 13.0. The zero-order valence-electron chi connectivity index (χ0n) is 8.28. The maximum atomic E-state index is 13.0. The number of nitrogens with zero attached hydrogens (tertiary/aromatic N) is 3. The molecule has 0 unspecified atom stereocenters. The molecule has 0 aromatic heterocycles. The van der Waals surface area contributed by atoms with Gasteiger partial charge in [0.2, 0.25) is 0 Å². The van der Waals surface area contributed by atoms with Crippen LogP contribution in [0.1, 0.15) is 15.9 Å². The monoisotopic (exact) mass is 243 g/mol. The highest BCUT2D eigenvalue weighted by Gasteiger charge is 2.17. The lowest BCUT2D eigenvalue weighted by Gasteiger charge is -2.07. The molecule has 0 aliphatic rings. The van der Waals surface area contributed by atoms with Gasteiger partial charge in [-0.1, -0.05) is 16.7 Å². The molecule has 0 spiro atoms. The minimum Gasteiger partial charge on any atom is -0.465 e. The zero-order chi connectivity index (χ0) is 12.1. The van der Waals surface area contributed by atoms with Gasteiger partial charge in [-0.3, -0.25) is 0 Å². The minimum absolute atomic E-state index is 0.0120. The molecule has 0 saturated heterocycles. The van der Waals surface area contributed by atoms with Gasteiger partial charge in [0, 0.05) is 4.91 Å². The van der Waals surface area contributed by atoms with Crippen LogP contribution in [0.25, 0.3) is 10.4 Å². The third kappa shape index (κ3) is 2.62. The standard InChI is InChI=1S/C9H7ClFN3O2/c1-16-9(15)8-5(4-13-14-12)2-6(11)3-7(8)10/h2-3H,4H2,1H3. The lowest BCUT2D eigenvalue weighted by atomic mass is 10.1. The van der Waals surface area contributed by atoms with E-state index in [0.29, 0.717) is 0 Å². The van der Waals surface area contributed by atoms with Gasteiger partial charge in [0.05, 0.1) is 24.2 Å². The summed E-state index contributed by atoms with van der Waals surface area (Å²) in [7, 11) is 1.18. The molecule has 0 atom stereocenters. The average molecular weight is 244 g/mol. The van der Waals surface area contributed by atoms with Crippen LogP contribution < -0.4 is 0 Å². The Morgan fingerprint density at radius 1 is 1.69 bits per heavy atom. The van der Waals surface area contributed by atoms with Crippen molar-refractivity contribution in [3.8, 4) is 0 Å². The van der Waals surface area contributed by atoms with Crippen molar-refractivity contribution < 1.29 is 13.9 Å². The van der Waals surface area contributed by atoms with Crippen molar-refractivity contribution in [3.63, 3.8) is 0 Å². The van der Waals surface area contributed by atoms with Crippen LogP contribution in [0, 0.1) is 5.82 Å². The molecule has 1 rings (SSSR count). The number of methoxy groups -OCH3 is 1. The number of azide groups is 1. The fourth-order valence-corrected chi connectivity index (χ4v) is 1.49. The van der Waals surface area contributed by atoms with Crippen LogP contribution >= 0.6 is 11.6 Å². The molecule has 0 heterocycles. The summed E-state index contributed by atoms with van der Waals surface area (Å²) in [5, 5.41) is 3.17. The first-order chi connectivity index (χ1) is 7.60. The van der Waals surface area contributed by atoms with Crippen molar-refractivity contribution in [2.75, 3.05) is 7.11 Å². The molecule has 0 fully saturated rings. The summed E-state index contributed by atoms with van der Waals surface area (Å²) in [6.07, 6.45) is 0. The average Bonchev–Trinajstić information content (AvgIpc) is 2.24.